The smallest absolute Gasteiger partial charge is 0.0519 e. The predicted octanol–water partition coefficient (Wildman–Crippen LogP) is 4.16. The van der Waals surface area contributed by atoms with Crippen LogP contribution >= 0.6 is 0 Å². The van der Waals surface area contributed by atoms with Crippen LogP contribution in [0.25, 0.3) is 10.9 Å². The molecule has 1 aromatic heterocycles. The lowest BCUT2D eigenvalue weighted by atomic mass is 10.1. The summed E-state index contributed by atoms with van der Waals surface area (Å²) in [6.45, 7) is 9.71. The van der Waals surface area contributed by atoms with Gasteiger partial charge in [0.2, 0.25) is 0 Å². The number of nitrogens with zero attached hydrogens (tertiary/aromatic N) is 1. The molecule has 2 aromatic rings. The van der Waals surface area contributed by atoms with Crippen LogP contribution in [0.5, 0.6) is 0 Å². The van der Waals surface area contributed by atoms with Crippen LogP contribution in [0, 0.1) is 0 Å². The molecule has 1 aromatic carbocycles. The number of hydrogen-bond donors (Lipinski definition) is 0. The van der Waals surface area contributed by atoms with E-state index in [0.717, 1.165) is 0 Å². The fourth-order valence-corrected chi connectivity index (χ4v) is 3.35. The Kier molecular flexibility index (Phi) is 2.70. The number of rotatable bonds is 2. The van der Waals surface area contributed by atoms with E-state index in [9.17, 15) is 0 Å². The molecular formula is C14H21NSi. The van der Waals surface area contributed by atoms with Gasteiger partial charge in [0, 0.05) is 24.1 Å². The number of aromatic nitrogens is 1. The summed E-state index contributed by atoms with van der Waals surface area (Å²) in [5.41, 5.74) is 3.58. The maximum absolute atomic E-state index is 2.44. The molecule has 86 valence electrons. The number of para-hydroxylation sites is 1. The fraction of sp³-hybridized carbons (Fsp3) is 0.429. The Morgan fingerprint density at radius 3 is 2.38 bits per heavy atom. The molecule has 1 atom stereocenters. The maximum Gasteiger partial charge on any atom is 0.0519 e. The second-order valence-electron chi connectivity index (χ2n) is 5.80. The van der Waals surface area contributed by atoms with Crippen LogP contribution < -0.4 is 0 Å². The molecule has 0 amide bonds. The van der Waals surface area contributed by atoms with Gasteiger partial charge in [0.15, 0.2) is 0 Å². The van der Waals surface area contributed by atoms with Crippen LogP contribution in [0.2, 0.25) is 19.6 Å². The zero-order valence-corrected chi connectivity index (χ0v) is 11.9. The highest BCUT2D eigenvalue weighted by molar-refractivity contribution is 6.77. The summed E-state index contributed by atoms with van der Waals surface area (Å²) in [5.74, 6) is 0. The van der Waals surface area contributed by atoms with Crippen molar-refractivity contribution in [3.63, 3.8) is 0 Å². The zero-order chi connectivity index (χ0) is 11.9. The van der Waals surface area contributed by atoms with E-state index in [1.807, 2.05) is 0 Å². The van der Waals surface area contributed by atoms with Gasteiger partial charge in [-0.25, -0.2) is 0 Å². The minimum Gasteiger partial charge on any atom is -0.350 e. The quantitative estimate of drug-likeness (QED) is 0.684. The SMILES string of the molecule is CC(c1cn(C)c2ccccc12)[Si](C)(C)C. The van der Waals surface area contributed by atoms with Crippen LogP contribution in [-0.4, -0.2) is 12.6 Å². The standard InChI is InChI=1S/C14H21NSi/c1-11(16(3,4)5)13-10-15(2)14-9-7-6-8-12(13)14/h6-11H,1-5H3. The van der Waals surface area contributed by atoms with E-state index in [2.05, 4.69) is 68.6 Å². The van der Waals surface area contributed by atoms with Gasteiger partial charge in [0.05, 0.1) is 8.07 Å². The lowest BCUT2D eigenvalue weighted by Crippen LogP contribution is -2.28. The Bertz CT molecular complexity index is 505. The molecular weight excluding hydrogens is 210 g/mol. The highest BCUT2D eigenvalue weighted by Crippen LogP contribution is 2.32. The first kappa shape index (κ1) is 11.5. The second kappa shape index (κ2) is 3.77. The third-order valence-corrected chi connectivity index (χ3v) is 6.60. The number of benzene rings is 1. The molecule has 0 spiro atoms. The van der Waals surface area contributed by atoms with Gasteiger partial charge in [-0.3, -0.25) is 0 Å². The Morgan fingerprint density at radius 2 is 1.75 bits per heavy atom. The number of hydrogen-bond acceptors (Lipinski definition) is 0. The molecule has 2 heteroatoms. The first-order chi connectivity index (χ1) is 7.41. The third kappa shape index (κ3) is 1.82. The van der Waals surface area contributed by atoms with Crippen molar-refractivity contribution in [2.75, 3.05) is 0 Å². The van der Waals surface area contributed by atoms with Gasteiger partial charge in [-0.15, -0.1) is 0 Å². The minimum atomic E-state index is -1.12. The summed E-state index contributed by atoms with van der Waals surface area (Å²) in [4.78, 5) is 0. The van der Waals surface area contributed by atoms with E-state index >= 15 is 0 Å². The summed E-state index contributed by atoms with van der Waals surface area (Å²) in [5, 5.41) is 1.43. The molecule has 0 fully saturated rings. The monoisotopic (exact) mass is 231 g/mol. The summed E-state index contributed by atoms with van der Waals surface area (Å²) < 4.78 is 2.25. The van der Waals surface area contributed by atoms with Crippen molar-refractivity contribution in [2.24, 2.45) is 7.05 Å². The maximum atomic E-state index is 2.44. The zero-order valence-electron chi connectivity index (χ0n) is 10.9. The molecule has 0 N–H and O–H groups in total. The van der Waals surface area contributed by atoms with Crippen molar-refractivity contribution in [3.05, 3.63) is 36.0 Å². The normalized spacial score (nSPS) is 14.3. The molecule has 1 nitrogen and oxygen atoms in total. The van der Waals surface area contributed by atoms with Crippen LogP contribution in [0.1, 0.15) is 18.0 Å². The Labute approximate surface area is 99.1 Å². The van der Waals surface area contributed by atoms with Crippen molar-refractivity contribution in [3.8, 4) is 0 Å². The topological polar surface area (TPSA) is 4.93 Å². The Balaban J connectivity index is 2.62. The molecule has 1 heterocycles. The van der Waals surface area contributed by atoms with Crippen molar-refractivity contribution in [1.82, 2.24) is 4.57 Å². The van der Waals surface area contributed by atoms with E-state index < -0.39 is 8.07 Å². The average molecular weight is 231 g/mol. The summed E-state index contributed by atoms with van der Waals surface area (Å²) >= 11 is 0. The molecule has 1 unspecified atom stereocenters. The van der Waals surface area contributed by atoms with E-state index in [1.54, 1.807) is 0 Å². The second-order valence-corrected chi connectivity index (χ2v) is 11.4. The van der Waals surface area contributed by atoms with E-state index in [4.69, 9.17) is 0 Å². The van der Waals surface area contributed by atoms with Crippen LogP contribution in [0.4, 0.5) is 0 Å². The molecule has 16 heavy (non-hydrogen) atoms. The Morgan fingerprint density at radius 1 is 1.12 bits per heavy atom. The van der Waals surface area contributed by atoms with E-state index in [-0.39, 0.29) is 0 Å². The number of fused-ring (bicyclic) bond motifs is 1. The van der Waals surface area contributed by atoms with Crippen molar-refractivity contribution in [2.45, 2.75) is 32.1 Å². The summed E-state index contributed by atoms with van der Waals surface area (Å²) in [6, 6.07) is 8.71. The predicted molar refractivity (Wildman–Crippen MR) is 74.7 cm³/mol. The van der Waals surface area contributed by atoms with Gasteiger partial charge in [-0.2, -0.15) is 0 Å². The van der Waals surface area contributed by atoms with Crippen LogP contribution in [0.15, 0.2) is 30.5 Å². The summed E-state index contributed by atoms with van der Waals surface area (Å²) in [7, 11) is 1.02. The van der Waals surface area contributed by atoms with E-state index in [0.29, 0.717) is 5.54 Å². The molecule has 0 aliphatic carbocycles. The van der Waals surface area contributed by atoms with Crippen molar-refractivity contribution < 1.29 is 0 Å². The molecule has 0 radical (unpaired) electrons. The fourth-order valence-electron chi connectivity index (χ4n) is 2.18. The van der Waals surface area contributed by atoms with Gasteiger partial charge in [-0.1, -0.05) is 44.8 Å². The van der Waals surface area contributed by atoms with Gasteiger partial charge in [0.25, 0.3) is 0 Å². The molecule has 0 saturated heterocycles. The lowest BCUT2D eigenvalue weighted by molar-refractivity contribution is 0.939. The molecule has 0 bridgehead atoms. The van der Waals surface area contributed by atoms with Gasteiger partial charge < -0.3 is 4.57 Å². The van der Waals surface area contributed by atoms with Crippen LogP contribution in [0.3, 0.4) is 0 Å². The Hall–Kier alpha value is -1.02. The molecule has 2 rings (SSSR count). The van der Waals surface area contributed by atoms with E-state index in [1.165, 1.54) is 16.5 Å². The average Bonchev–Trinajstić information content (AvgIpc) is 2.55. The van der Waals surface area contributed by atoms with Crippen LogP contribution in [-0.2, 0) is 7.05 Å². The molecule has 0 saturated carbocycles. The van der Waals surface area contributed by atoms with Crippen molar-refractivity contribution >= 4 is 19.0 Å². The van der Waals surface area contributed by atoms with Gasteiger partial charge >= 0.3 is 0 Å². The number of aryl methyl sites for hydroxylation is 1. The van der Waals surface area contributed by atoms with Gasteiger partial charge in [-0.05, 0) is 17.2 Å². The molecule has 0 aliphatic rings. The molecule has 0 aliphatic heterocycles. The van der Waals surface area contributed by atoms with Gasteiger partial charge in [0.1, 0.15) is 0 Å². The largest absolute Gasteiger partial charge is 0.350 e. The minimum absolute atomic E-state index is 0.707. The first-order valence-corrected chi connectivity index (χ1v) is 9.53. The highest BCUT2D eigenvalue weighted by atomic mass is 28.3. The summed E-state index contributed by atoms with van der Waals surface area (Å²) in [6.07, 6.45) is 2.31. The van der Waals surface area contributed by atoms with Crippen molar-refractivity contribution in [1.29, 1.82) is 0 Å². The first-order valence-electron chi connectivity index (χ1n) is 5.95. The lowest BCUT2D eigenvalue weighted by Gasteiger charge is -2.24. The third-order valence-electron chi connectivity index (χ3n) is 3.69. The highest BCUT2D eigenvalue weighted by Gasteiger charge is 2.26.